The first-order valence-corrected chi connectivity index (χ1v) is 14.0. The predicted molar refractivity (Wildman–Crippen MR) is 124 cm³/mol. The molecule has 0 aliphatic carbocycles. The zero-order chi connectivity index (χ0) is 17.7. The number of hydrogen-bond donors (Lipinski definition) is 0. The summed E-state index contributed by atoms with van der Waals surface area (Å²) < 4.78 is 2.40. The summed E-state index contributed by atoms with van der Waals surface area (Å²) in [6.45, 7) is 4.92. The van der Waals surface area contributed by atoms with Gasteiger partial charge in [0.2, 0.25) is 0 Å². The summed E-state index contributed by atoms with van der Waals surface area (Å²) in [6.07, 6.45) is 0. The van der Waals surface area contributed by atoms with Gasteiger partial charge in [0.25, 0.3) is 0 Å². The minimum atomic E-state index is -1.14. The third-order valence-corrected chi connectivity index (χ3v) is 12.6. The standard InChI is InChI=1S/C23H21NPSi.CH3.Ir/c1-26(2)15-14-25(17-26)19-9-7-8-18(16-19)24-22-12-5-3-10-20(22)21-11-4-6-13-23(21)24;;/h3-8,10-16H,17H2,1-2H3;1H3;/q2*-1;. The van der Waals surface area contributed by atoms with Crippen LogP contribution in [0, 0.1) is 13.5 Å². The monoisotopic (exact) mass is 578 g/mol. The van der Waals surface area contributed by atoms with Gasteiger partial charge in [0.05, 0.1) is 19.1 Å². The Kier molecular flexibility index (Phi) is 6.13. The fraction of sp³-hybridized carbons (Fsp3) is 0.125. The van der Waals surface area contributed by atoms with Gasteiger partial charge < -0.3 is 12.0 Å². The van der Waals surface area contributed by atoms with Crippen molar-refractivity contribution in [1.29, 1.82) is 0 Å². The number of nitrogens with zero attached hydrogens (tertiary/aromatic N) is 1. The molecule has 145 valence electrons. The summed E-state index contributed by atoms with van der Waals surface area (Å²) in [7, 11) is -1.33. The maximum Gasteiger partial charge on any atom is 0.0765 e. The second-order valence-electron chi connectivity index (χ2n) is 7.73. The number of rotatable bonds is 2. The molecule has 0 saturated carbocycles. The third-order valence-electron chi connectivity index (χ3n) is 5.20. The van der Waals surface area contributed by atoms with Gasteiger partial charge in [-0.3, -0.25) is 0 Å². The molecule has 0 fully saturated rings. The summed E-state index contributed by atoms with van der Waals surface area (Å²) in [5.41, 5.74) is 6.31. The largest absolute Gasteiger partial charge is 0.358 e. The second-order valence-corrected chi connectivity index (χ2v) is 15.0. The van der Waals surface area contributed by atoms with Crippen LogP contribution in [0.5, 0.6) is 0 Å². The summed E-state index contributed by atoms with van der Waals surface area (Å²) >= 11 is 0. The number of benzene rings is 3. The molecule has 4 aromatic rings. The van der Waals surface area contributed by atoms with Gasteiger partial charge in [-0.05, 0) is 17.9 Å². The predicted octanol–water partition coefficient (Wildman–Crippen LogP) is 6.45. The van der Waals surface area contributed by atoms with Gasteiger partial charge in [0.1, 0.15) is 0 Å². The van der Waals surface area contributed by atoms with Crippen molar-refractivity contribution >= 4 is 43.1 Å². The van der Waals surface area contributed by atoms with E-state index in [4.69, 9.17) is 0 Å². The molecule has 1 aliphatic heterocycles. The van der Waals surface area contributed by atoms with Crippen LogP contribution in [0.4, 0.5) is 0 Å². The molecule has 3 aromatic carbocycles. The van der Waals surface area contributed by atoms with Crippen LogP contribution in [-0.2, 0) is 20.1 Å². The molecule has 1 aliphatic rings. The van der Waals surface area contributed by atoms with E-state index in [1.165, 1.54) is 38.6 Å². The minimum absolute atomic E-state index is 0. The molecular formula is C24H24IrNPSi-2. The summed E-state index contributed by atoms with van der Waals surface area (Å²) in [6, 6.07) is 27.6. The van der Waals surface area contributed by atoms with Crippen molar-refractivity contribution in [2.75, 3.05) is 5.79 Å². The Balaban J connectivity index is 0.00000112. The molecule has 28 heavy (non-hydrogen) atoms. The summed E-state index contributed by atoms with van der Waals surface area (Å²) in [5.74, 6) is 3.83. The Hall–Kier alpha value is -1.50. The zero-order valence-electron chi connectivity index (χ0n) is 16.4. The van der Waals surface area contributed by atoms with Crippen LogP contribution in [0.2, 0.25) is 13.1 Å². The quantitative estimate of drug-likeness (QED) is 0.147. The number of fused-ring (bicyclic) bond motifs is 3. The molecule has 0 spiro atoms. The molecule has 1 nitrogen and oxygen atoms in total. The van der Waals surface area contributed by atoms with Crippen LogP contribution < -0.4 is 5.30 Å². The van der Waals surface area contributed by atoms with Gasteiger partial charge in [-0.25, -0.2) is 0 Å². The Morgan fingerprint density at radius 3 is 2.11 bits per heavy atom. The van der Waals surface area contributed by atoms with E-state index in [0.29, 0.717) is 0 Å². The molecule has 5 rings (SSSR count). The van der Waals surface area contributed by atoms with Crippen LogP contribution >= 0.6 is 7.92 Å². The van der Waals surface area contributed by atoms with Gasteiger partial charge in [0.15, 0.2) is 0 Å². The SMILES string of the molecule is C[Si]1(C)C=CP(c2[c-]ccc(-n3c4ccccc4c4ccccc43)c2)C1.[CH3-].[Ir]. The van der Waals surface area contributed by atoms with Crippen LogP contribution in [0.3, 0.4) is 0 Å². The molecule has 1 aromatic heterocycles. The first-order valence-electron chi connectivity index (χ1n) is 9.09. The van der Waals surface area contributed by atoms with E-state index in [1.54, 1.807) is 0 Å². The van der Waals surface area contributed by atoms with Crippen molar-refractivity contribution < 1.29 is 20.1 Å². The average molecular weight is 578 g/mol. The Morgan fingerprint density at radius 2 is 1.54 bits per heavy atom. The van der Waals surface area contributed by atoms with Gasteiger partial charge in [-0.15, -0.1) is 17.4 Å². The van der Waals surface area contributed by atoms with E-state index in [-0.39, 0.29) is 35.5 Å². The van der Waals surface area contributed by atoms with E-state index in [0.717, 1.165) is 0 Å². The van der Waals surface area contributed by atoms with Crippen LogP contribution in [-0.4, -0.2) is 18.4 Å². The fourth-order valence-corrected chi connectivity index (χ4v) is 12.0. The summed E-state index contributed by atoms with van der Waals surface area (Å²) in [5, 5.41) is 4.02. The summed E-state index contributed by atoms with van der Waals surface area (Å²) in [4.78, 5) is 0. The van der Waals surface area contributed by atoms with Crippen molar-refractivity contribution in [3.8, 4) is 5.69 Å². The van der Waals surface area contributed by atoms with Crippen LogP contribution in [0.25, 0.3) is 27.5 Å². The Bertz CT molecular complexity index is 1110. The molecule has 0 N–H and O–H groups in total. The molecule has 1 unspecified atom stereocenters. The third kappa shape index (κ3) is 3.58. The van der Waals surface area contributed by atoms with Gasteiger partial charge in [0, 0.05) is 30.9 Å². The molecule has 2 heterocycles. The zero-order valence-corrected chi connectivity index (χ0v) is 20.7. The minimum Gasteiger partial charge on any atom is -0.358 e. The van der Waals surface area contributed by atoms with Crippen molar-refractivity contribution in [2.24, 2.45) is 0 Å². The van der Waals surface area contributed by atoms with Crippen molar-refractivity contribution in [3.05, 3.63) is 91.7 Å². The number of hydrogen-bond acceptors (Lipinski definition) is 0. The van der Waals surface area contributed by atoms with Gasteiger partial charge >= 0.3 is 0 Å². The number of para-hydroxylation sites is 2. The topological polar surface area (TPSA) is 4.93 Å². The second kappa shape index (κ2) is 8.09. The molecular weight excluding hydrogens is 554 g/mol. The first-order chi connectivity index (χ1) is 12.6. The molecule has 0 bridgehead atoms. The van der Waals surface area contributed by atoms with Crippen molar-refractivity contribution in [3.63, 3.8) is 0 Å². The maximum atomic E-state index is 3.53. The smallest absolute Gasteiger partial charge is 0.0765 e. The molecule has 0 saturated heterocycles. The fourth-order valence-electron chi connectivity index (χ4n) is 3.95. The van der Waals surface area contributed by atoms with E-state index >= 15 is 0 Å². The van der Waals surface area contributed by atoms with Crippen LogP contribution in [0.15, 0.2) is 78.2 Å². The molecule has 1 atom stereocenters. The van der Waals surface area contributed by atoms with Crippen LogP contribution in [0.1, 0.15) is 0 Å². The van der Waals surface area contributed by atoms with Gasteiger partial charge in [-0.1, -0.05) is 74.6 Å². The maximum absolute atomic E-state index is 3.53. The molecule has 1 radical (unpaired) electrons. The van der Waals surface area contributed by atoms with Gasteiger partial charge in [-0.2, -0.15) is 12.1 Å². The first kappa shape index (κ1) is 21.2. The van der Waals surface area contributed by atoms with Crippen molar-refractivity contribution in [2.45, 2.75) is 13.1 Å². The Labute approximate surface area is 183 Å². The molecule has 4 heteroatoms. The molecule has 0 amide bonds. The average Bonchev–Trinajstić information content (AvgIpc) is 3.19. The van der Waals surface area contributed by atoms with E-state index in [1.807, 2.05) is 0 Å². The van der Waals surface area contributed by atoms with E-state index in [2.05, 4.69) is 102 Å². The van der Waals surface area contributed by atoms with Crippen molar-refractivity contribution in [1.82, 2.24) is 4.57 Å². The van der Waals surface area contributed by atoms with E-state index < -0.39 is 8.07 Å². The number of aromatic nitrogens is 1. The van der Waals surface area contributed by atoms with E-state index in [9.17, 15) is 0 Å². The Morgan fingerprint density at radius 1 is 0.929 bits per heavy atom. The normalized spacial score (nSPS) is 17.4.